The number of carboxylic acid groups (broad SMARTS) is 1. The number of carbonyl (C=O) groups is 2. The number of aliphatic carboxylic acids is 1. The maximum absolute atomic E-state index is 12.2. The second-order valence-corrected chi connectivity index (χ2v) is 6.91. The van der Waals surface area contributed by atoms with Gasteiger partial charge in [0.15, 0.2) is 6.61 Å². The zero-order chi connectivity index (χ0) is 15.7. The van der Waals surface area contributed by atoms with Crippen LogP contribution >= 0.6 is 15.9 Å². The van der Waals surface area contributed by atoms with Crippen molar-refractivity contribution < 1.29 is 19.4 Å². The highest BCUT2D eigenvalue weighted by Gasteiger charge is 2.59. The number of piperidine rings is 1. The monoisotopic (exact) mass is 367 g/mol. The lowest BCUT2D eigenvalue weighted by Gasteiger charge is -2.32. The lowest BCUT2D eigenvalue weighted by Crippen LogP contribution is -2.42. The number of likely N-dealkylation sites (tertiary alicyclic amines) is 1. The van der Waals surface area contributed by atoms with Gasteiger partial charge in [-0.25, -0.2) is 0 Å². The molecule has 3 rings (SSSR count). The summed E-state index contributed by atoms with van der Waals surface area (Å²) in [6.45, 7) is 1.27. The van der Waals surface area contributed by atoms with Crippen LogP contribution < -0.4 is 4.74 Å². The van der Waals surface area contributed by atoms with Crippen molar-refractivity contribution in [2.24, 2.45) is 11.3 Å². The summed E-state index contributed by atoms with van der Waals surface area (Å²) in [5.41, 5.74) is -0.0497. The van der Waals surface area contributed by atoms with Crippen LogP contribution in [0, 0.1) is 11.3 Å². The zero-order valence-electron chi connectivity index (χ0n) is 12.1. The van der Waals surface area contributed by atoms with E-state index < -0.39 is 5.97 Å². The highest BCUT2D eigenvalue weighted by Crippen LogP contribution is 2.59. The fourth-order valence-corrected chi connectivity index (χ4v) is 3.64. The number of benzene rings is 1. The molecule has 1 aromatic rings. The normalized spacial score (nSPS) is 22.4. The summed E-state index contributed by atoms with van der Waals surface area (Å²) in [6.07, 6.45) is 2.33. The number of halogens is 1. The van der Waals surface area contributed by atoms with Gasteiger partial charge in [0.05, 0.1) is 10.4 Å². The van der Waals surface area contributed by atoms with E-state index in [4.69, 9.17) is 9.84 Å². The van der Waals surface area contributed by atoms with Crippen molar-refractivity contribution in [3.63, 3.8) is 0 Å². The Hall–Kier alpha value is -1.56. The molecule has 1 aromatic carbocycles. The SMILES string of the molecule is O=C(O)C1CC12CCN(C(=O)COc1ccccc1Br)CC2. The van der Waals surface area contributed by atoms with Crippen LogP contribution in [0.3, 0.4) is 0 Å². The maximum atomic E-state index is 12.2. The standard InChI is InChI=1S/C16H18BrNO4/c17-12-3-1-2-4-13(12)22-10-14(19)18-7-5-16(6-8-18)9-11(16)15(20)21/h1-4,11H,5-10H2,(H,20,21). The lowest BCUT2D eigenvalue weighted by atomic mass is 9.91. The van der Waals surface area contributed by atoms with Crippen molar-refractivity contribution >= 4 is 27.8 Å². The Kier molecular flexibility index (Phi) is 4.12. The van der Waals surface area contributed by atoms with Crippen molar-refractivity contribution in [2.75, 3.05) is 19.7 Å². The summed E-state index contributed by atoms with van der Waals surface area (Å²) in [5, 5.41) is 9.08. The van der Waals surface area contributed by atoms with Crippen LogP contribution in [0.15, 0.2) is 28.7 Å². The quantitative estimate of drug-likeness (QED) is 0.887. The van der Waals surface area contributed by atoms with E-state index in [9.17, 15) is 9.59 Å². The molecule has 118 valence electrons. The molecule has 1 aliphatic carbocycles. The van der Waals surface area contributed by atoms with E-state index in [1.165, 1.54) is 0 Å². The van der Waals surface area contributed by atoms with Crippen molar-refractivity contribution in [2.45, 2.75) is 19.3 Å². The fraction of sp³-hybridized carbons (Fsp3) is 0.500. The number of nitrogens with zero attached hydrogens (tertiary/aromatic N) is 1. The van der Waals surface area contributed by atoms with Gasteiger partial charge >= 0.3 is 5.97 Å². The van der Waals surface area contributed by atoms with E-state index in [-0.39, 0.29) is 23.8 Å². The van der Waals surface area contributed by atoms with Crippen molar-refractivity contribution in [3.8, 4) is 5.75 Å². The van der Waals surface area contributed by atoms with E-state index in [1.807, 2.05) is 24.3 Å². The average Bonchev–Trinajstić information content (AvgIpc) is 3.21. The topological polar surface area (TPSA) is 66.8 Å². The zero-order valence-corrected chi connectivity index (χ0v) is 13.7. The molecule has 0 aromatic heterocycles. The first kappa shape index (κ1) is 15.3. The van der Waals surface area contributed by atoms with E-state index >= 15 is 0 Å². The van der Waals surface area contributed by atoms with Gasteiger partial charge in [0, 0.05) is 13.1 Å². The molecule has 1 heterocycles. The lowest BCUT2D eigenvalue weighted by molar-refractivity contribution is -0.140. The number of ether oxygens (including phenoxy) is 1. The Morgan fingerprint density at radius 1 is 1.32 bits per heavy atom. The summed E-state index contributed by atoms with van der Waals surface area (Å²) in [4.78, 5) is 25.0. The van der Waals surface area contributed by atoms with Crippen LogP contribution in [0.5, 0.6) is 5.75 Å². The van der Waals surface area contributed by atoms with E-state index in [0.29, 0.717) is 18.8 Å². The van der Waals surface area contributed by atoms with E-state index in [2.05, 4.69) is 15.9 Å². The molecular weight excluding hydrogens is 350 g/mol. The summed E-state index contributed by atoms with van der Waals surface area (Å²) in [6, 6.07) is 7.42. The van der Waals surface area contributed by atoms with Crippen LogP contribution in [0.25, 0.3) is 0 Å². The Bertz CT molecular complexity index is 596. The van der Waals surface area contributed by atoms with E-state index in [0.717, 1.165) is 23.7 Å². The van der Waals surface area contributed by atoms with Crippen LogP contribution in [0.1, 0.15) is 19.3 Å². The average molecular weight is 368 g/mol. The fourth-order valence-electron chi connectivity index (χ4n) is 3.24. The van der Waals surface area contributed by atoms with Gasteiger partial charge in [0.2, 0.25) is 0 Å². The number of carbonyl (C=O) groups excluding carboxylic acids is 1. The molecule has 1 amide bonds. The third-order valence-corrected chi connectivity index (χ3v) is 5.44. The summed E-state index contributed by atoms with van der Waals surface area (Å²) in [7, 11) is 0. The third-order valence-electron chi connectivity index (χ3n) is 4.79. The second kappa shape index (κ2) is 5.91. The van der Waals surface area contributed by atoms with Crippen molar-refractivity contribution in [1.82, 2.24) is 4.90 Å². The first-order chi connectivity index (χ1) is 10.5. The molecule has 2 aliphatic rings. The predicted octanol–water partition coefficient (Wildman–Crippen LogP) is 2.54. The number of amides is 1. The van der Waals surface area contributed by atoms with E-state index in [1.54, 1.807) is 4.90 Å². The van der Waals surface area contributed by atoms with Gasteiger partial charge < -0.3 is 14.7 Å². The highest BCUT2D eigenvalue weighted by atomic mass is 79.9. The first-order valence-corrected chi connectivity index (χ1v) is 8.19. The van der Waals surface area contributed by atoms with Gasteiger partial charge in [-0.3, -0.25) is 9.59 Å². The molecule has 5 nitrogen and oxygen atoms in total. The minimum atomic E-state index is -0.697. The first-order valence-electron chi connectivity index (χ1n) is 7.40. The Morgan fingerprint density at radius 3 is 2.59 bits per heavy atom. The number of carboxylic acids is 1. The van der Waals surface area contributed by atoms with Crippen LogP contribution in [0.2, 0.25) is 0 Å². The highest BCUT2D eigenvalue weighted by molar-refractivity contribution is 9.10. The summed E-state index contributed by atoms with van der Waals surface area (Å²) < 4.78 is 6.37. The van der Waals surface area contributed by atoms with Gasteiger partial charge in [-0.2, -0.15) is 0 Å². The molecule has 0 radical (unpaired) electrons. The van der Waals surface area contributed by atoms with Crippen molar-refractivity contribution in [3.05, 3.63) is 28.7 Å². The molecule has 1 aliphatic heterocycles. The molecule has 1 unspecified atom stereocenters. The molecular formula is C16H18BrNO4. The summed E-state index contributed by atoms with van der Waals surface area (Å²) in [5.74, 6) is -0.297. The molecule has 1 N–H and O–H groups in total. The van der Waals surface area contributed by atoms with Gasteiger partial charge in [-0.05, 0) is 52.7 Å². The molecule has 1 atom stereocenters. The number of rotatable bonds is 4. The molecule has 6 heteroatoms. The van der Waals surface area contributed by atoms with Gasteiger partial charge in [-0.15, -0.1) is 0 Å². The minimum absolute atomic E-state index is 0.0119. The van der Waals surface area contributed by atoms with Crippen LogP contribution in [0.4, 0.5) is 0 Å². The number of hydrogen-bond acceptors (Lipinski definition) is 3. The molecule has 0 bridgehead atoms. The Labute approximate surface area is 137 Å². The smallest absolute Gasteiger partial charge is 0.307 e. The molecule has 22 heavy (non-hydrogen) atoms. The minimum Gasteiger partial charge on any atom is -0.483 e. The van der Waals surface area contributed by atoms with Crippen LogP contribution in [-0.4, -0.2) is 41.6 Å². The molecule has 1 saturated heterocycles. The predicted molar refractivity (Wildman–Crippen MR) is 83.6 cm³/mol. The van der Waals surface area contributed by atoms with Crippen molar-refractivity contribution in [1.29, 1.82) is 0 Å². The van der Waals surface area contributed by atoms with Gasteiger partial charge in [-0.1, -0.05) is 12.1 Å². The third kappa shape index (κ3) is 2.97. The largest absolute Gasteiger partial charge is 0.483 e. The molecule has 1 saturated carbocycles. The molecule has 2 fully saturated rings. The molecule has 1 spiro atoms. The Balaban J connectivity index is 1.49. The number of hydrogen-bond donors (Lipinski definition) is 1. The Morgan fingerprint density at radius 2 is 2.00 bits per heavy atom. The van der Waals surface area contributed by atoms with Gasteiger partial charge in [0.25, 0.3) is 5.91 Å². The summed E-state index contributed by atoms with van der Waals surface area (Å²) >= 11 is 3.38. The second-order valence-electron chi connectivity index (χ2n) is 6.06. The van der Waals surface area contributed by atoms with Gasteiger partial charge in [0.1, 0.15) is 5.75 Å². The maximum Gasteiger partial charge on any atom is 0.307 e. The van der Waals surface area contributed by atoms with Crippen LogP contribution in [-0.2, 0) is 9.59 Å². The number of para-hydroxylation sites is 1.